The number of rotatable bonds is 4. The highest BCUT2D eigenvalue weighted by molar-refractivity contribution is 7.03. The summed E-state index contributed by atoms with van der Waals surface area (Å²) in [5.74, 6) is 0.943. The summed E-state index contributed by atoms with van der Waals surface area (Å²) in [5.41, 5.74) is 3.33. The molecule has 7 heteroatoms. The number of hydrogen-bond donors (Lipinski definition) is 0. The fourth-order valence-corrected chi connectivity index (χ4v) is 2.98. The van der Waals surface area contributed by atoms with E-state index in [1.54, 1.807) is 0 Å². The average molecular weight is 293 g/mol. The van der Waals surface area contributed by atoms with Crippen molar-refractivity contribution < 1.29 is 4.52 Å². The van der Waals surface area contributed by atoms with Crippen LogP contribution in [0, 0.1) is 13.8 Å². The predicted octanol–water partition coefficient (Wildman–Crippen LogP) is 1.46. The van der Waals surface area contributed by atoms with Gasteiger partial charge in [0, 0.05) is 50.2 Å². The molecule has 1 aliphatic rings. The average Bonchev–Trinajstić information content (AvgIpc) is 3.06. The van der Waals surface area contributed by atoms with Gasteiger partial charge in [0.25, 0.3) is 0 Å². The predicted molar refractivity (Wildman–Crippen MR) is 76.4 cm³/mol. The van der Waals surface area contributed by atoms with Gasteiger partial charge in [0.15, 0.2) is 0 Å². The molecule has 20 heavy (non-hydrogen) atoms. The highest BCUT2D eigenvalue weighted by Gasteiger charge is 2.20. The van der Waals surface area contributed by atoms with Gasteiger partial charge in [0.1, 0.15) is 5.76 Å². The standard InChI is InChI=1S/C13H19N5OS/c1-10-13(11(2)19-15-10)8-18-5-3-17(4-6-18)7-12-9-20-16-14-12/h9H,3-8H2,1-2H3. The van der Waals surface area contributed by atoms with E-state index in [-0.39, 0.29) is 0 Å². The van der Waals surface area contributed by atoms with Gasteiger partial charge in [0.05, 0.1) is 11.4 Å². The van der Waals surface area contributed by atoms with E-state index >= 15 is 0 Å². The zero-order chi connectivity index (χ0) is 13.9. The SMILES string of the molecule is Cc1noc(C)c1CN1CCN(Cc2csnn2)CC1. The summed E-state index contributed by atoms with van der Waals surface area (Å²) in [6.45, 7) is 10.1. The van der Waals surface area contributed by atoms with Crippen LogP contribution in [0.4, 0.5) is 0 Å². The Labute approximate surface area is 122 Å². The Morgan fingerprint density at radius 3 is 2.40 bits per heavy atom. The van der Waals surface area contributed by atoms with Crippen molar-refractivity contribution in [1.82, 2.24) is 24.5 Å². The first-order valence-electron chi connectivity index (χ1n) is 6.85. The Morgan fingerprint density at radius 2 is 1.85 bits per heavy atom. The van der Waals surface area contributed by atoms with Crippen LogP contribution < -0.4 is 0 Å². The molecule has 3 heterocycles. The van der Waals surface area contributed by atoms with Gasteiger partial charge in [-0.25, -0.2) is 0 Å². The summed E-state index contributed by atoms with van der Waals surface area (Å²) in [6.07, 6.45) is 0. The molecule has 1 aliphatic heterocycles. The highest BCUT2D eigenvalue weighted by atomic mass is 32.1. The summed E-state index contributed by atoms with van der Waals surface area (Å²) in [7, 11) is 0. The van der Waals surface area contributed by atoms with Crippen molar-refractivity contribution >= 4 is 11.5 Å². The molecule has 0 atom stereocenters. The van der Waals surface area contributed by atoms with Gasteiger partial charge in [-0.15, -0.1) is 5.10 Å². The molecular weight excluding hydrogens is 274 g/mol. The molecular formula is C13H19N5OS. The summed E-state index contributed by atoms with van der Waals surface area (Å²) < 4.78 is 9.14. The van der Waals surface area contributed by atoms with Gasteiger partial charge in [-0.2, -0.15) is 0 Å². The Morgan fingerprint density at radius 1 is 1.15 bits per heavy atom. The molecule has 1 saturated heterocycles. The van der Waals surface area contributed by atoms with Crippen molar-refractivity contribution in [1.29, 1.82) is 0 Å². The van der Waals surface area contributed by atoms with E-state index in [9.17, 15) is 0 Å². The summed E-state index contributed by atoms with van der Waals surface area (Å²) in [6, 6.07) is 0. The molecule has 2 aromatic rings. The lowest BCUT2D eigenvalue weighted by Crippen LogP contribution is -2.45. The Kier molecular flexibility index (Phi) is 4.09. The number of aromatic nitrogens is 3. The zero-order valence-electron chi connectivity index (χ0n) is 11.9. The van der Waals surface area contributed by atoms with E-state index in [2.05, 4.69) is 24.5 Å². The lowest BCUT2D eigenvalue weighted by molar-refractivity contribution is 0.120. The topological polar surface area (TPSA) is 58.3 Å². The van der Waals surface area contributed by atoms with Gasteiger partial charge < -0.3 is 4.52 Å². The summed E-state index contributed by atoms with van der Waals surface area (Å²) >= 11 is 1.42. The molecule has 0 aliphatic carbocycles. The second-order valence-electron chi connectivity index (χ2n) is 5.25. The minimum Gasteiger partial charge on any atom is -0.361 e. The molecule has 0 unspecified atom stereocenters. The largest absolute Gasteiger partial charge is 0.361 e. The van der Waals surface area contributed by atoms with Crippen LogP contribution in [-0.2, 0) is 13.1 Å². The molecule has 0 amide bonds. The first-order valence-corrected chi connectivity index (χ1v) is 7.68. The fraction of sp³-hybridized carbons (Fsp3) is 0.615. The Balaban J connectivity index is 1.51. The first kappa shape index (κ1) is 13.7. The van der Waals surface area contributed by atoms with Crippen LogP contribution in [0.15, 0.2) is 9.90 Å². The normalized spacial score (nSPS) is 17.7. The van der Waals surface area contributed by atoms with Crippen LogP contribution in [0.25, 0.3) is 0 Å². The van der Waals surface area contributed by atoms with Crippen molar-refractivity contribution in [3.63, 3.8) is 0 Å². The lowest BCUT2D eigenvalue weighted by atomic mass is 10.2. The van der Waals surface area contributed by atoms with Gasteiger partial charge in [-0.05, 0) is 25.4 Å². The molecule has 2 aromatic heterocycles. The van der Waals surface area contributed by atoms with Crippen LogP contribution in [0.5, 0.6) is 0 Å². The lowest BCUT2D eigenvalue weighted by Gasteiger charge is -2.34. The first-order chi connectivity index (χ1) is 9.72. The van der Waals surface area contributed by atoms with E-state index in [1.807, 2.05) is 19.2 Å². The number of nitrogens with zero attached hydrogens (tertiary/aromatic N) is 5. The third kappa shape index (κ3) is 3.05. The molecule has 6 nitrogen and oxygen atoms in total. The van der Waals surface area contributed by atoms with Gasteiger partial charge in [-0.1, -0.05) is 9.64 Å². The molecule has 1 fully saturated rings. The smallest absolute Gasteiger partial charge is 0.138 e. The van der Waals surface area contributed by atoms with Crippen LogP contribution in [0.3, 0.4) is 0 Å². The maximum atomic E-state index is 5.23. The van der Waals surface area contributed by atoms with E-state index < -0.39 is 0 Å². The van der Waals surface area contributed by atoms with E-state index in [0.29, 0.717) is 0 Å². The van der Waals surface area contributed by atoms with Crippen molar-refractivity contribution in [3.05, 3.63) is 28.1 Å². The quantitative estimate of drug-likeness (QED) is 0.850. The highest BCUT2D eigenvalue weighted by Crippen LogP contribution is 2.16. The van der Waals surface area contributed by atoms with Crippen LogP contribution in [0.1, 0.15) is 22.7 Å². The zero-order valence-corrected chi connectivity index (χ0v) is 12.7. The van der Waals surface area contributed by atoms with E-state index in [4.69, 9.17) is 4.52 Å². The number of piperazine rings is 1. The molecule has 108 valence electrons. The van der Waals surface area contributed by atoms with Crippen molar-refractivity contribution in [3.8, 4) is 0 Å². The Hall–Kier alpha value is -1.31. The monoisotopic (exact) mass is 293 g/mol. The van der Waals surface area contributed by atoms with Crippen LogP contribution in [-0.4, -0.2) is 50.7 Å². The van der Waals surface area contributed by atoms with Crippen molar-refractivity contribution in [2.75, 3.05) is 26.2 Å². The third-order valence-electron chi connectivity index (χ3n) is 3.82. The molecule has 0 saturated carbocycles. The van der Waals surface area contributed by atoms with Crippen molar-refractivity contribution in [2.45, 2.75) is 26.9 Å². The van der Waals surface area contributed by atoms with Gasteiger partial charge in [-0.3, -0.25) is 9.80 Å². The minimum absolute atomic E-state index is 0.912. The van der Waals surface area contributed by atoms with Crippen LogP contribution >= 0.6 is 11.5 Å². The second kappa shape index (κ2) is 5.99. The van der Waals surface area contributed by atoms with E-state index in [0.717, 1.165) is 56.4 Å². The molecule has 0 spiro atoms. The molecule has 0 N–H and O–H groups in total. The number of aryl methyl sites for hydroxylation is 2. The van der Waals surface area contributed by atoms with Crippen molar-refractivity contribution in [2.24, 2.45) is 0 Å². The van der Waals surface area contributed by atoms with Gasteiger partial charge in [0.2, 0.25) is 0 Å². The molecule has 0 radical (unpaired) electrons. The third-order valence-corrected chi connectivity index (χ3v) is 4.37. The summed E-state index contributed by atoms with van der Waals surface area (Å²) in [5, 5.41) is 10.2. The molecule has 0 aromatic carbocycles. The maximum absolute atomic E-state index is 5.23. The van der Waals surface area contributed by atoms with Gasteiger partial charge >= 0.3 is 0 Å². The van der Waals surface area contributed by atoms with Crippen LogP contribution in [0.2, 0.25) is 0 Å². The number of hydrogen-bond acceptors (Lipinski definition) is 7. The minimum atomic E-state index is 0.912. The maximum Gasteiger partial charge on any atom is 0.138 e. The molecule has 0 bridgehead atoms. The van der Waals surface area contributed by atoms with E-state index in [1.165, 1.54) is 17.1 Å². The molecule has 3 rings (SSSR count). The fourth-order valence-electron chi connectivity index (χ4n) is 2.54. The summed E-state index contributed by atoms with van der Waals surface area (Å²) in [4.78, 5) is 4.89. The second-order valence-corrected chi connectivity index (χ2v) is 5.86. The Bertz CT molecular complexity index is 526.